The van der Waals surface area contributed by atoms with Gasteiger partial charge in [-0.1, -0.05) is 29.3 Å². The lowest BCUT2D eigenvalue weighted by molar-refractivity contribution is 0.209. The first-order valence-corrected chi connectivity index (χ1v) is 10.3. The van der Waals surface area contributed by atoms with Crippen LogP contribution >= 0.6 is 23.2 Å². The number of aromatic nitrogens is 1. The molecule has 2 amide bonds. The molecule has 0 radical (unpaired) electrons. The summed E-state index contributed by atoms with van der Waals surface area (Å²) in [5, 5.41) is 4.22. The summed E-state index contributed by atoms with van der Waals surface area (Å²) in [4.78, 5) is 21.3. The molecule has 29 heavy (non-hydrogen) atoms. The van der Waals surface area contributed by atoms with Gasteiger partial charge in [0.05, 0.1) is 6.54 Å². The van der Waals surface area contributed by atoms with E-state index in [0.717, 1.165) is 36.2 Å². The van der Waals surface area contributed by atoms with Gasteiger partial charge in [0.15, 0.2) is 5.58 Å². The van der Waals surface area contributed by atoms with E-state index in [0.29, 0.717) is 41.3 Å². The number of amides is 2. The van der Waals surface area contributed by atoms with Crippen molar-refractivity contribution in [1.82, 2.24) is 14.8 Å². The van der Waals surface area contributed by atoms with Crippen LogP contribution in [0.25, 0.3) is 11.1 Å². The lowest BCUT2D eigenvalue weighted by Gasteiger charge is -2.22. The first kappa shape index (κ1) is 20.0. The maximum atomic E-state index is 12.6. The van der Waals surface area contributed by atoms with E-state index >= 15 is 0 Å². The summed E-state index contributed by atoms with van der Waals surface area (Å²) < 4.78 is 5.82. The molecule has 6 nitrogen and oxygen atoms in total. The van der Waals surface area contributed by atoms with Crippen molar-refractivity contribution < 1.29 is 9.21 Å². The highest BCUT2D eigenvalue weighted by Crippen LogP contribution is 2.22. The van der Waals surface area contributed by atoms with E-state index in [1.54, 1.807) is 18.2 Å². The molecule has 1 aliphatic rings. The standard InChI is InChI=1S/C21H22Cl2N4O2/c1-14-3-5-16(12-17(14)23)24-21(28)27-8-2-7-26(9-10-27)13-20-25-18-11-15(22)4-6-19(18)29-20/h3-6,11-12H,2,7-10,13H2,1H3,(H,24,28). The van der Waals surface area contributed by atoms with Crippen molar-refractivity contribution in [1.29, 1.82) is 0 Å². The minimum Gasteiger partial charge on any atom is -0.439 e. The number of urea groups is 1. The summed E-state index contributed by atoms with van der Waals surface area (Å²) in [6.45, 7) is 5.50. The fraction of sp³-hybridized carbons (Fsp3) is 0.333. The van der Waals surface area contributed by atoms with E-state index in [2.05, 4.69) is 15.2 Å². The van der Waals surface area contributed by atoms with E-state index in [4.69, 9.17) is 27.6 Å². The number of nitrogens with one attached hydrogen (secondary N) is 1. The molecular formula is C21H22Cl2N4O2. The predicted molar refractivity (Wildman–Crippen MR) is 116 cm³/mol. The number of fused-ring (bicyclic) bond motifs is 1. The normalized spacial score (nSPS) is 15.5. The van der Waals surface area contributed by atoms with Gasteiger partial charge in [-0.2, -0.15) is 0 Å². The Bertz CT molecular complexity index is 1040. The van der Waals surface area contributed by atoms with Crippen LogP contribution in [0.5, 0.6) is 0 Å². The Morgan fingerprint density at radius 3 is 2.83 bits per heavy atom. The number of benzene rings is 2. The molecule has 4 rings (SSSR count). The monoisotopic (exact) mass is 432 g/mol. The van der Waals surface area contributed by atoms with Gasteiger partial charge >= 0.3 is 6.03 Å². The average Bonchev–Trinajstić information content (AvgIpc) is 2.92. The summed E-state index contributed by atoms with van der Waals surface area (Å²) in [6.07, 6.45) is 0.883. The van der Waals surface area contributed by atoms with Crippen LogP contribution in [0.15, 0.2) is 40.8 Å². The van der Waals surface area contributed by atoms with Crippen LogP contribution in [0.3, 0.4) is 0 Å². The number of carbonyl (C=O) groups excluding carboxylic acids is 1. The molecule has 0 unspecified atom stereocenters. The first-order valence-electron chi connectivity index (χ1n) is 9.57. The Labute approximate surface area is 179 Å². The van der Waals surface area contributed by atoms with Gasteiger partial charge in [-0.25, -0.2) is 9.78 Å². The number of anilines is 1. The Hall–Kier alpha value is -2.28. The highest BCUT2D eigenvalue weighted by Gasteiger charge is 2.21. The maximum Gasteiger partial charge on any atom is 0.321 e. The van der Waals surface area contributed by atoms with E-state index in [1.807, 2.05) is 30.0 Å². The van der Waals surface area contributed by atoms with Gasteiger partial charge in [0.2, 0.25) is 5.89 Å². The third kappa shape index (κ3) is 4.83. The van der Waals surface area contributed by atoms with E-state index in [-0.39, 0.29) is 6.03 Å². The number of aryl methyl sites for hydroxylation is 1. The molecule has 8 heteroatoms. The van der Waals surface area contributed by atoms with Gasteiger partial charge in [-0.05, 0) is 49.2 Å². The molecule has 1 aliphatic heterocycles. The average molecular weight is 433 g/mol. The summed E-state index contributed by atoms with van der Waals surface area (Å²) in [5.41, 5.74) is 3.19. The molecule has 152 valence electrons. The number of halogens is 2. The number of hydrogen-bond donors (Lipinski definition) is 1. The molecule has 1 aromatic heterocycles. The first-order chi connectivity index (χ1) is 14.0. The zero-order chi connectivity index (χ0) is 20.4. The molecular weight excluding hydrogens is 411 g/mol. The second kappa shape index (κ2) is 8.61. The number of rotatable bonds is 3. The van der Waals surface area contributed by atoms with Crippen LogP contribution in [-0.2, 0) is 6.54 Å². The minimum atomic E-state index is -0.108. The predicted octanol–water partition coefficient (Wildman–Crippen LogP) is 5.18. The van der Waals surface area contributed by atoms with Crippen LogP contribution in [0.4, 0.5) is 10.5 Å². The molecule has 0 saturated carbocycles. The highest BCUT2D eigenvalue weighted by atomic mass is 35.5. The molecule has 3 aromatic rings. The summed E-state index contributed by atoms with van der Waals surface area (Å²) >= 11 is 12.2. The van der Waals surface area contributed by atoms with Gasteiger partial charge in [0.1, 0.15) is 5.52 Å². The molecule has 0 atom stereocenters. The number of oxazole rings is 1. The van der Waals surface area contributed by atoms with Crippen molar-refractivity contribution in [3.8, 4) is 0 Å². The van der Waals surface area contributed by atoms with E-state index < -0.39 is 0 Å². The largest absolute Gasteiger partial charge is 0.439 e. The number of hydrogen-bond acceptors (Lipinski definition) is 4. The van der Waals surface area contributed by atoms with Crippen molar-refractivity contribution in [2.24, 2.45) is 0 Å². The second-order valence-corrected chi connectivity index (χ2v) is 8.07. The Balaban J connectivity index is 1.35. The molecule has 2 aromatic carbocycles. The highest BCUT2D eigenvalue weighted by molar-refractivity contribution is 6.31. The molecule has 0 spiro atoms. The van der Waals surface area contributed by atoms with Crippen LogP contribution in [0.1, 0.15) is 17.9 Å². The summed E-state index contributed by atoms with van der Waals surface area (Å²) in [5.74, 6) is 0.662. The summed E-state index contributed by atoms with van der Waals surface area (Å²) in [7, 11) is 0. The molecule has 0 bridgehead atoms. The quantitative estimate of drug-likeness (QED) is 0.618. The van der Waals surface area contributed by atoms with E-state index in [9.17, 15) is 4.79 Å². The molecule has 0 aliphatic carbocycles. The molecule has 1 N–H and O–H groups in total. The maximum absolute atomic E-state index is 12.6. The summed E-state index contributed by atoms with van der Waals surface area (Å²) in [6, 6.07) is 10.9. The number of carbonyl (C=O) groups is 1. The minimum absolute atomic E-state index is 0.108. The van der Waals surface area contributed by atoms with Crippen LogP contribution < -0.4 is 5.32 Å². The van der Waals surface area contributed by atoms with Gasteiger partial charge in [-0.15, -0.1) is 0 Å². The van der Waals surface area contributed by atoms with Crippen molar-refractivity contribution >= 4 is 46.0 Å². The lowest BCUT2D eigenvalue weighted by Crippen LogP contribution is -2.38. The van der Waals surface area contributed by atoms with E-state index in [1.165, 1.54) is 0 Å². The molecule has 1 fully saturated rings. The van der Waals surface area contributed by atoms with Gasteiger partial charge in [0.25, 0.3) is 0 Å². The van der Waals surface area contributed by atoms with Gasteiger partial charge in [0, 0.05) is 41.9 Å². The zero-order valence-corrected chi connectivity index (χ0v) is 17.6. The van der Waals surface area contributed by atoms with Crippen molar-refractivity contribution in [3.63, 3.8) is 0 Å². The van der Waals surface area contributed by atoms with Crippen molar-refractivity contribution in [2.45, 2.75) is 19.9 Å². The topological polar surface area (TPSA) is 61.6 Å². The molecule has 1 saturated heterocycles. The van der Waals surface area contributed by atoms with Crippen molar-refractivity contribution in [3.05, 3.63) is 57.9 Å². The third-order valence-electron chi connectivity index (χ3n) is 5.05. The Morgan fingerprint density at radius 1 is 1.14 bits per heavy atom. The third-order valence-corrected chi connectivity index (χ3v) is 5.69. The van der Waals surface area contributed by atoms with Gasteiger partial charge in [-0.3, -0.25) is 4.90 Å². The van der Waals surface area contributed by atoms with Gasteiger partial charge < -0.3 is 14.6 Å². The smallest absolute Gasteiger partial charge is 0.321 e. The second-order valence-electron chi connectivity index (χ2n) is 7.23. The lowest BCUT2D eigenvalue weighted by atomic mass is 10.2. The van der Waals surface area contributed by atoms with Crippen LogP contribution in [0.2, 0.25) is 10.0 Å². The van der Waals surface area contributed by atoms with Crippen molar-refractivity contribution in [2.75, 3.05) is 31.5 Å². The zero-order valence-electron chi connectivity index (χ0n) is 16.1. The van der Waals surface area contributed by atoms with Crippen LogP contribution in [0, 0.1) is 6.92 Å². The Morgan fingerprint density at radius 2 is 2.00 bits per heavy atom. The number of nitrogens with zero attached hydrogens (tertiary/aromatic N) is 3. The van der Waals surface area contributed by atoms with Crippen LogP contribution in [-0.4, -0.2) is 47.0 Å². The fourth-order valence-electron chi connectivity index (χ4n) is 3.41. The fourth-order valence-corrected chi connectivity index (χ4v) is 3.76. The molecule has 2 heterocycles. The Kier molecular flexibility index (Phi) is 5.94. The SMILES string of the molecule is Cc1ccc(NC(=O)N2CCCN(Cc3nc4cc(Cl)ccc4o3)CC2)cc1Cl.